The van der Waals surface area contributed by atoms with Crippen LogP contribution in [0.5, 0.6) is 0 Å². The van der Waals surface area contributed by atoms with Gasteiger partial charge in [-0.25, -0.2) is 4.98 Å². The van der Waals surface area contributed by atoms with E-state index in [4.69, 9.17) is 16.6 Å². The van der Waals surface area contributed by atoms with Crippen molar-refractivity contribution in [1.29, 1.82) is 0 Å². The van der Waals surface area contributed by atoms with Crippen LogP contribution < -0.4 is 8.43 Å². The van der Waals surface area contributed by atoms with E-state index < -0.39 is 0 Å². The molecule has 10 heteroatoms. The van der Waals surface area contributed by atoms with E-state index in [-0.39, 0.29) is 29.1 Å². The summed E-state index contributed by atoms with van der Waals surface area (Å²) < 4.78 is 3.23. The molecule has 1 saturated carbocycles. The van der Waals surface area contributed by atoms with E-state index in [1.807, 2.05) is 32.0 Å². The van der Waals surface area contributed by atoms with Crippen LogP contribution in [0.3, 0.4) is 0 Å². The van der Waals surface area contributed by atoms with E-state index in [9.17, 15) is 9.59 Å². The van der Waals surface area contributed by atoms with Crippen molar-refractivity contribution < 1.29 is 9.59 Å². The highest BCUT2D eigenvalue weighted by Gasteiger charge is 2.72. The van der Waals surface area contributed by atoms with Gasteiger partial charge in [-0.15, -0.1) is 11.3 Å². The van der Waals surface area contributed by atoms with Crippen molar-refractivity contribution in [2.75, 3.05) is 16.2 Å². The summed E-state index contributed by atoms with van der Waals surface area (Å²) in [5, 5.41) is 3.78. The van der Waals surface area contributed by atoms with E-state index in [1.165, 1.54) is 4.90 Å². The van der Waals surface area contributed by atoms with Crippen molar-refractivity contribution in [2.45, 2.75) is 33.4 Å². The molecular formula is C24H23ClIN5O2S. The van der Waals surface area contributed by atoms with E-state index in [1.54, 1.807) is 17.5 Å². The van der Waals surface area contributed by atoms with Gasteiger partial charge in [-0.05, 0) is 36.1 Å². The number of likely N-dealkylation sites (tertiary alicyclic amines) is 1. The summed E-state index contributed by atoms with van der Waals surface area (Å²) in [5.41, 5.74) is 4.52. The van der Waals surface area contributed by atoms with E-state index in [0.717, 1.165) is 50.7 Å². The molecule has 176 valence electrons. The molecule has 0 aromatic carbocycles. The predicted molar refractivity (Wildman–Crippen MR) is 142 cm³/mol. The number of nitrogens with zero attached hydrogens (tertiary/aromatic N) is 4. The summed E-state index contributed by atoms with van der Waals surface area (Å²) in [4.78, 5) is 37.3. The molecule has 3 fully saturated rings. The zero-order chi connectivity index (χ0) is 23.9. The van der Waals surface area contributed by atoms with E-state index in [0.29, 0.717) is 17.7 Å². The number of halogens is 2. The Balaban J connectivity index is 1.39. The van der Waals surface area contributed by atoms with Crippen LogP contribution in [0.15, 0.2) is 24.4 Å². The first kappa shape index (κ1) is 22.6. The fraction of sp³-hybridized carbons (Fsp3) is 0.417. The number of thiophene rings is 1. The third-order valence-electron chi connectivity index (χ3n) is 7.37. The minimum Gasteiger partial charge on any atom is -0.312 e. The molecule has 1 aliphatic carbocycles. The third kappa shape index (κ3) is 3.30. The van der Waals surface area contributed by atoms with Gasteiger partial charge in [-0.2, -0.15) is 0 Å². The molecule has 3 aromatic heterocycles. The SMILES string of the molecule is Cc1cc(Cl)nc(-c2ccnc3cc(CN4C(=O)C5C(C4=O)C5(C)C)sc23)c1N(I)C1CNC1. The molecule has 2 atom stereocenters. The Bertz CT molecular complexity index is 1350. The molecule has 1 N–H and O–H groups in total. The average molecular weight is 608 g/mol. The number of aryl methyl sites for hydroxylation is 1. The number of nitrogens with one attached hydrogen (secondary N) is 1. The first-order valence-corrected chi connectivity index (χ1v) is 13.4. The Morgan fingerprint density at radius 1 is 1.26 bits per heavy atom. The lowest BCUT2D eigenvalue weighted by Gasteiger charge is -2.36. The Kier molecular flexibility index (Phi) is 5.22. The predicted octanol–water partition coefficient (Wildman–Crippen LogP) is 4.59. The molecule has 2 saturated heterocycles. The lowest BCUT2D eigenvalue weighted by Crippen LogP contribution is -2.54. The maximum atomic E-state index is 12.8. The van der Waals surface area contributed by atoms with E-state index >= 15 is 0 Å². The largest absolute Gasteiger partial charge is 0.312 e. The summed E-state index contributed by atoms with van der Waals surface area (Å²) in [6, 6.07) is 6.24. The van der Waals surface area contributed by atoms with Crippen molar-refractivity contribution in [3.05, 3.63) is 40.0 Å². The van der Waals surface area contributed by atoms with Gasteiger partial charge in [-0.1, -0.05) is 25.4 Å². The van der Waals surface area contributed by atoms with Crippen molar-refractivity contribution in [2.24, 2.45) is 17.3 Å². The molecule has 0 bridgehead atoms. The van der Waals surface area contributed by atoms with Crippen molar-refractivity contribution in [1.82, 2.24) is 20.2 Å². The van der Waals surface area contributed by atoms with Gasteiger partial charge in [0.1, 0.15) is 5.15 Å². The van der Waals surface area contributed by atoms with Crippen molar-refractivity contribution in [3.63, 3.8) is 0 Å². The Labute approximate surface area is 220 Å². The van der Waals surface area contributed by atoms with Crippen molar-refractivity contribution >= 4 is 73.5 Å². The topological polar surface area (TPSA) is 78.4 Å². The van der Waals surface area contributed by atoms with Gasteiger partial charge >= 0.3 is 0 Å². The smallest absolute Gasteiger partial charge is 0.234 e. The molecule has 7 nitrogen and oxygen atoms in total. The number of fused-ring (bicyclic) bond motifs is 2. The van der Waals surface area contributed by atoms with Crippen LogP contribution in [0, 0.1) is 24.2 Å². The number of carbonyl (C=O) groups is 2. The Hall–Kier alpha value is -1.82. The lowest BCUT2D eigenvalue weighted by atomic mass is 10.0. The molecule has 5 heterocycles. The first-order chi connectivity index (χ1) is 16.2. The van der Waals surface area contributed by atoms with E-state index in [2.05, 4.69) is 43.2 Å². The van der Waals surface area contributed by atoms with Gasteiger partial charge in [0.25, 0.3) is 0 Å². The van der Waals surface area contributed by atoms with Gasteiger partial charge in [0.15, 0.2) is 0 Å². The third-order valence-corrected chi connectivity index (χ3v) is 9.98. The second kappa shape index (κ2) is 7.84. The number of aromatic nitrogens is 2. The van der Waals surface area contributed by atoms with Crippen LogP contribution in [-0.2, 0) is 16.1 Å². The molecule has 34 heavy (non-hydrogen) atoms. The summed E-state index contributed by atoms with van der Waals surface area (Å²) in [7, 11) is 0. The normalized spacial score (nSPS) is 23.4. The van der Waals surface area contributed by atoms with Crippen LogP contribution in [0.2, 0.25) is 5.15 Å². The second-order valence-electron chi connectivity index (χ2n) is 9.91. The second-order valence-corrected chi connectivity index (χ2v) is 12.5. The zero-order valence-corrected chi connectivity index (χ0v) is 22.7. The Morgan fingerprint density at radius 3 is 2.62 bits per heavy atom. The van der Waals surface area contributed by atoms with Crippen LogP contribution in [-0.4, -0.2) is 45.8 Å². The summed E-state index contributed by atoms with van der Waals surface area (Å²) in [6.45, 7) is 8.20. The van der Waals surface area contributed by atoms with Crippen LogP contribution >= 0.6 is 45.8 Å². The standard InChI is InChI=1S/C24H23ClIN5O2S/c1-11-6-16(25)29-19(20(11)31(26)12-8-27-9-12)14-4-5-28-15-7-13(34-21(14)15)10-30-22(32)17-18(23(30)33)24(17,2)3/h4-7,12,17-18,27H,8-10H2,1-3H3. The quantitative estimate of drug-likeness (QED) is 0.198. The number of anilines is 1. The number of imide groups is 1. The number of piperidine rings is 1. The van der Waals surface area contributed by atoms with Gasteiger partial charge in [-0.3, -0.25) is 19.5 Å². The number of carbonyl (C=O) groups excluding carboxylic acids is 2. The summed E-state index contributed by atoms with van der Waals surface area (Å²) in [5.74, 6) is -0.427. The maximum absolute atomic E-state index is 12.8. The first-order valence-electron chi connectivity index (χ1n) is 11.2. The average Bonchev–Trinajstić information content (AvgIpc) is 2.99. The summed E-state index contributed by atoms with van der Waals surface area (Å²) >= 11 is 10.3. The lowest BCUT2D eigenvalue weighted by molar-refractivity contribution is -0.143. The van der Waals surface area contributed by atoms with Crippen LogP contribution in [0.25, 0.3) is 21.5 Å². The molecule has 3 aromatic rings. The highest BCUT2D eigenvalue weighted by Crippen LogP contribution is 2.63. The van der Waals surface area contributed by atoms with Gasteiger partial charge < -0.3 is 8.43 Å². The molecule has 3 aliphatic rings. The maximum Gasteiger partial charge on any atom is 0.234 e. The minimum atomic E-state index is -0.201. The molecule has 0 radical (unpaired) electrons. The number of rotatable bonds is 5. The molecule has 6 rings (SSSR count). The number of amides is 2. The van der Waals surface area contributed by atoms with Gasteiger partial charge in [0.2, 0.25) is 11.8 Å². The van der Waals surface area contributed by atoms with Crippen LogP contribution in [0.1, 0.15) is 24.3 Å². The van der Waals surface area contributed by atoms with Gasteiger partial charge in [0.05, 0.1) is 68.9 Å². The van der Waals surface area contributed by atoms with Crippen LogP contribution in [0.4, 0.5) is 5.69 Å². The fourth-order valence-electron chi connectivity index (χ4n) is 5.27. The molecule has 2 aliphatic heterocycles. The zero-order valence-electron chi connectivity index (χ0n) is 18.9. The molecule has 2 amide bonds. The minimum absolute atomic E-state index is 0.0466. The summed E-state index contributed by atoms with van der Waals surface area (Å²) in [6.07, 6.45) is 1.78. The van der Waals surface area contributed by atoms with Gasteiger partial charge in [0, 0.05) is 29.7 Å². The Morgan fingerprint density at radius 2 is 1.97 bits per heavy atom. The highest BCUT2D eigenvalue weighted by atomic mass is 127. The molecular weight excluding hydrogens is 585 g/mol. The molecule has 0 spiro atoms. The van der Waals surface area contributed by atoms with Crippen molar-refractivity contribution in [3.8, 4) is 11.3 Å². The molecule has 2 unspecified atom stereocenters. The highest BCUT2D eigenvalue weighted by molar-refractivity contribution is 14.1. The monoisotopic (exact) mass is 607 g/mol. The number of hydrogen-bond acceptors (Lipinski definition) is 7. The number of hydrogen-bond donors (Lipinski definition) is 1. The fourth-order valence-corrected chi connectivity index (χ4v) is 7.64. The number of pyridine rings is 2.